The molecule has 2 aromatic carbocycles. The zero-order valence-corrected chi connectivity index (χ0v) is 25.0. The highest BCUT2D eigenvalue weighted by Crippen LogP contribution is 2.36. The molecule has 0 unspecified atom stereocenters. The molecular formula is C34H33F4N5O3. The third-order valence-corrected chi connectivity index (χ3v) is 8.55. The predicted octanol–water partition coefficient (Wildman–Crippen LogP) is 5.93. The van der Waals surface area contributed by atoms with Crippen molar-refractivity contribution < 1.29 is 31.6 Å². The Morgan fingerprint density at radius 3 is 2.22 bits per heavy atom. The Morgan fingerprint density at radius 1 is 0.826 bits per heavy atom. The lowest BCUT2D eigenvalue weighted by Gasteiger charge is -2.35. The molecule has 4 heterocycles. The van der Waals surface area contributed by atoms with Crippen molar-refractivity contribution in [3.05, 3.63) is 107 Å². The number of halogens is 4. The number of carbonyl (C=O) groups is 2. The van der Waals surface area contributed by atoms with Gasteiger partial charge in [0.05, 0.1) is 6.42 Å². The fraction of sp³-hybridized carbons (Fsp3) is 0.353. The van der Waals surface area contributed by atoms with Gasteiger partial charge in [0, 0.05) is 51.9 Å². The van der Waals surface area contributed by atoms with E-state index in [0.717, 1.165) is 12.8 Å². The number of Topliss-reactive ketones (excluding diaryl/α,β-unsaturated/α-hetero) is 1. The molecule has 0 N–H and O–H groups in total. The van der Waals surface area contributed by atoms with E-state index in [1.165, 1.54) is 23.9 Å². The Labute approximate surface area is 263 Å². The standard InChI is InChI=1S/C34H33F4N5O3/c35-27-8-4-5-23(19-27)21-30(45)42-17-15-41(16-18-42)29-10-9-24(22-39-29)20-28(44)31-32(34(36,37)38)40-33(46-31)43-13-11-26(12-14-43)25-6-2-1-3-7-25/h1-10,19,22,26H,11-18,20-21H2. The summed E-state index contributed by atoms with van der Waals surface area (Å²) in [6, 6.07) is 19.1. The molecule has 46 heavy (non-hydrogen) atoms. The second kappa shape index (κ2) is 13.3. The van der Waals surface area contributed by atoms with Crippen LogP contribution in [-0.2, 0) is 23.8 Å². The van der Waals surface area contributed by atoms with E-state index in [9.17, 15) is 27.2 Å². The summed E-state index contributed by atoms with van der Waals surface area (Å²) in [6.45, 7) is 2.91. The van der Waals surface area contributed by atoms with Crippen LogP contribution in [0.2, 0.25) is 0 Å². The van der Waals surface area contributed by atoms with Crippen LogP contribution in [0.25, 0.3) is 0 Å². The smallest absolute Gasteiger partial charge is 0.420 e. The van der Waals surface area contributed by atoms with Crippen LogP contribution >= 0.6 is 0 Å². The van der Waals surface area contributed by atoms with Crippen molar-refractivity contribution in [2.24, 2.45) is 0 Å². The Balaban J connectivity index is 1.05. The van der Waals surface area contributed by atoms with Gasteiger partial charge >= 0.3 is 6.18 Å². The Morgan fingerprint density at radius 2 is 1.57 bits per heavy atom. The zero-order valence-electron chi connectivity index (χ0n) is 25.0. The number of rotatable bonds is 8. The molecule has 2 fully saturated rings. The van der Waals surface area contributed by atoms with Gasteiger partial charge in [-0.2, -0.15) is 18.2 Å². The number of carbonyl (C=O) groups excluding carboxylic acids is 2. The Hall–Kier alpha value is -4.74. The van der Waals surface area contributed by atoms with Crippen molar-refractivity contribution >= 4 is 23.5 Å². The molecule has 0 saturated carbocycles. The number of benzene rings is 2. The first-order valence-corrected chi connectivity index (χ1v) is 15.3. The van der Waals surface area contributed by atoms with Gasteiger partial charge in [0.25, 0.3) is 6.01 Å². The molecule has 240 valence electrons. The molecule has 2 aliphatic rings. The molecule has 0 aliphatic carbocycles. The van der Waals surface area contributed by atoms with Gasteiger partial charge < -0.3 is 19.1 Å². The van der Waals surface area contributed by atoms with Crippen LogP contribution in [0.1, 0.15) is 51.7 Å². The normalized spacial score (nSPS) is 16.1. The monoisotopic (exact) mass is 635 g/mol. The highest BCUT2D eigenvalue weighted by atomic mass is 19.4. The van der Waals surface area contributed by atoms with Crippen LogP contribution in [0.5, 0.6) is 0 Å². The van der Waals surface area contributed by atoms with Gasteiger partial charge in [-0.05, 0) is 53.6 Å². The molecule has 1 amide bonds. The van der Waals surface area contributed by atoms with Crippen molar-refractivity contribution in [3.8, 4) is 0 Å². The SMILES string of the molecule is O=C(Cc1ccc(N2CCN(C(=O)Cc3cccc(F)c3)CC2)nc1)c1oc(N2CCC(c3ccccc3)CC2)nc1C(F)(F)F. The van der Waals surface area contributed by atoms with Crippen molar-refractivity contribution in [2.45, 2.75) is 37.8 Å². The topological polar surface area (TPSA) is 82.8 Å². The van der Waals surface area contributed by atoms with E-state index < -0.39 is 23.4 Å². The van der Waals surface area contributed by atoms with Gasteiger partial charge in [0.15, 0.2) is 5.69 Å². The van der Waals surface area contributed by atoms with Crippen LogP contribution in [0.4, 0.5) is 29.4 Å². The highest BCUT2D eigenvalue weighted by Gasteiger charge is 2.42. The van der Waals surface area contributed by atoms with Crippen LogP contribution in [-0.4, -0.2) is 65.8 Å². The van der Waals surface area contributed by atoms with Gasteiger partial charge in [-0.3, -0.25) is 9.59 Å². The van der Waals surface area contributed by atoms with Crippen LogP contribution in [0, 0.1) is 5.82 Å². The summed E-state index contributed by atoms with van der Waals surface area (Å²) in [7, 11) is 0. The van der Waals surface area contributed by atoms with E-state index in [-0.39, 0.29) is 30.6 Å². The summed E-state index contributed by atoms with van der Waals surface area (Å²) in [5, 5.41) is 0. The number of ketones is 1. The lowest BCUT2D eigenvalue weighted by Crippen LogP contribution is -2.49. The molecule has 0 spiro atoms. The second-order valence-corrected chi connectivity index (χ2v) is 11.6. The zero-order chi connectivity index (χ0) is 32.3. The van der Waals surface area contributed by atoms with Gasteiger partial charge in [-0.25, -0.2) is 9.37 Å². The van der Waals surface area contributed by atoms with E-state index in [0.29, 0.717) is 62.1 Å². The van der Waals surface area contributed by atoms with E-state index in [4.69, 9.17) is 4.42 Å². The molecule has 0 atom stereocenters. The maximum Gasteiger partial charge on any atom is 0.437 e. The number of hydrogen-bond donors (Lipinski definition) is 0. The minimum atomic E-state index is -4.85. The first-order valence-electron chi connectivity index (χ1n) is 15.3. The molecule has 0 bridgehead atoms. The Kier molecular flexibility index (Phi) is 9.05. The minimum absolute atomic E-state index is 0.0856. The van der Waals surface area contributed by atoms with Crippen LogP contribution in [0.15, 0.2) is 77.3 Å². The molecule has 12 heteroatoms. The van der Waals surface area contributed by atoms with Gasteiger partial charge in [-0.1, -0.05) is 48.5 Å². The number of amides is 1. The number of nitrogens with zero attached hydrogens (tertiary/aromatic N) is 5. The molecule has 2 saturated heterocycles. The molecule has 4 aromatic rings. The largest absolute Gasteiger partial charge is 0.437 e. The van der Waals surface area contributed by atoms with Gasteiger partial charge in [-0.15, -0.1) is 0 Å². The fourth-order valence-electron chi connectivity index (χ4n) is 6.05. The van der Waals surface area contributed by atoms with E-state index in [2.05, 4.69) is 9.97 Å². The lowest BCUT2D eigenvalue weighted by molar-refractivity contribution is -0.141. The number of oxazole rings is 1. The maximum atomic E-state index is 13.9. The van der Waals surface area contributed by atoms with E-state index in [1.807, 2.05) is 35.2 Å². The fourth-order valence-corrected chi connectivity index (χ4v) is 6.05. The van der Waals surface area contributed by atoms with E-state index >= 15 is 0 Å². The molecule has 2 aliphatic heterocycles. The first kappa shape index (κ1) is 31.3. The summed E-state index contributed by atoms with van der Waals surface area (Å²) in [5.41, 5.74) is 0.933. The van der Waals surface area contributed by atoms with Gasteiger partial charge in [0.1, 0.15) is 11.6 Å². The summed E-state index contributed by atoms with van der Waals surface area (Å²) in [6.07, 6.45) is -2.13. The van der Waals surface area contributed by atoms with Gasteiger partial charge in [0.2, 0.25) is 17.5 Å². The molecule has 8 nitrogen and oxygen atoms in total. The number of alkyl halides is 3. The third kappa shape index (κ3) is 7.21. The minimum Gasteiger partial charge on any atom is -0.420 e. The predicted molar refractivity (Wildman–Crippen MR) is 163 cm³/mol. The number of pyridine rings is 1. The number of anilines is 2. The van der Waals surface area contributed by atoms with Crippen molar-refractivity contribution in [2.75, 3.05) is 49.1 Å². The molecule has 0 radical (unpaired) electrons. The molecule has 2 aromatic heterocycles. The average molecular weight is 636 g/mol. The van der Waals surface area contributed by atoms with Crippen molar-refractivity contribution in [1.29, 1.82) is 0 Å². The number of hydrogen-bond acceptors (Lipinski definition) is 7. The highest BCUT2D eigenvalue weighted by molar-refractivity contribution is 5.96. The number of piperazine rings is 1. The Bertz CT molecular complexity index is 1660. The average Bonchev–Trinajstić information content (AvgIpc) is 3.53. The summed E-state index contributed by atoms with van der Waals surface area (Å²) < 4.78 is 60.7. The first-order chi connectivity index (χ1) is 22.1. The maximum absolute atomic E-state index is 13.9. The molecular weight excluding hydrogens is 602 g/mol. The number of piperidine rings is 1. The van der Waals surface area contributed by atoms with Crippen molar-refractivity contribution in [3.63, 3.8) is 0 Å². The number of aromatic nitrogens is 2. The molecule has 6 rings (SSSR count). The summed E-state index contributed by atoms with van der Waals surface area (Å²) in [5.74, 6) is -1.17. The third-order valence-electron chi connectivity index (χ3n) is 8.55. The summed E-state index contributed by atoms with van der Waals surface area (Å²) >= 11 is 0. The second-order valence-electron chi connectivity index (χ2n) is 11.6. The quantitative estimate of drug-likeness (QED) is 0.175. The van der Waals surface area contributed by atoms with E-state index in [1.54, 1.807) is 34.1 Å². The lowest BCUT2D eigenvalue weighted by atomic mass is 9.90. The summed E-state index contributed by atoms with van der Waals surface area (Å²) in [4.78, 5) is 39.3. The van der Waals surface area contributed by atoms with Crippen molar-refractivity contribution in [1.82, 2.24) is 14.9 Å². The van der Waals surface area contributed by atoms with Crippen LogP contribution < -0.4 is 9.80 Å². The van der Waals surface area contributed by atoms with Crippen LogP contribution in [0.3, 0.4) is 0 Å².